The molecule has 0 atom stereocenters. The monoisotopic (exact) mass is 216 g/mol. The molecule has 0 saturated carbocycles. The molecule has 0 aromatic heterocycles. The minimum absolute atomic E-state index is 0.0241. The lowest BCUT2D eigenvalue weighted by molar-refractivity contribution is -0.137. The van der Waals surface area contributed by atoms with Crippen molar-refractivity contribution in [3.05, 3.63) is 34.9 Å². The Hall–Kier alpha value is -1.52. The molecule has 0 aliphatic carbocycles. The van der Waals surface area contributed by atoms with E-state index in [1.165, 1.54) is 6.07 Å². The molecular weight excluding hydrogens is 209 g/mol. The van der Waals surface area contributed by atoms with Crippen molar-refractivity contribution in [1.29, 1.82) is 0 Å². The van der Waals surface area contributed by atoms with Gasteiger partial charge in [0.05, 0.1) is 17.7 Å². The first-order valence-electron chi connectivity index (χ1n) is 4.36. The van der Waals surface area contributed by atoms with Crippen LogP contribution in [0.3, 0.4) is 0 Å². The van der Waals surface area contributed by atoms with Crippen molar-refractivity contribution in [2.24, 2.45) is 0 Å². The molecule has 1 aliphatic heterocycles. The van der Waals surface area contributed by atoms with Gasteiger partial charge in [0.2, 0.25) is 0 Å². The SMILES string of the molecule is O=C1OCCc2ccc(C(F)(F)F)cc21. The van der Waals surface area contributed by atoms with Gasteiger partial charge in [0.1, 0.15) is 0 Å². The summed E-state index contributed by atoms with van der Waals surface area (Å²) < 4.78 is 41.7. The fourth-order valence-electron chi connectivity index (χ4n) is 1.49. The molecule has 0 N–H and O–H groups in total. The zero-order chi connectivity index (χ0) is 11.1. The molecule has 1 aromatic rings. The van der Waals surface area contributed by atoms with Gasteiger partial charge in [-0.3, -0.25) is 0 Å². The van der Waals surface area contributed by atoms with Crippen molar-refractivity contribution >= 4 is 5.97 Å². The number of benzene rings is 1. The minimum atomic E-state index is -4.42. The van der Waals surface area contributed by atoms with Crippen LogP contribution in [0.15, 0.2) is 18.2 Å². The summed E-state index contributed by atoms with van der Waals surface area (Å²) in [6.07, 6.45) is -3.95. The van der Waals surface area contributed by atoms with Crippen molar-refractivity contribution in [1.82, 2.24) is 0 Å². The zero-order valence-corrected chi connectivity index (χ0v) is 7.60. The molecule has 0 unspecified atom stereocenters. The van der Waals surface area contributed by atoms with E-state index >= 15 is 0 Å². The van der Waals surface area contributed by atoms with Crippen molar-refractivity contribution in [3.63, 3.8) is 0 Å². The van der Waals surface area contributed by atoms with Crippen LogP contribution in [0.4, 0.5) is 13.2 Å². The summed E-state index contributed by atoms with van der Waals surface area (Å²) >= 11 is 0. The van der Waals surface area contributed by atoms with Crippen LogP contribution in [0.2, 0.25) is 0 Å². The fourth-order valence-corrected chi connectivity index (χ4v) is 1.49. The summed E-state index contributed by atoms with van der Waals surface area (Å²) in [7, 11) is 0. The first-order valence-corrected chi connectivity index (χ1v) is 4.36. The number of carbonyl (C=O) groups is 1. The minimum Gasteiger partial charge on any atom is -0.462 e. The Balaban J connectivity index is 2.49. The van der Waals surface area contributed by atoms with Gasteiger partial charge in [0, 0.05) is 6.42 Å². The molecule has 5 heteroatoms. The first kappa shape index (κ1) is 10.0. The largest absolute Gasteiger partial charge is 0.462 e. The van der Waals surface area contributed by atoms with Crippen LogP contribution in [0.5, 0.6) is 0 Å². The smallest absolute Gasteiger partial charge is 0.416 e. The van der Waals surface area contributed by atoms with Crippen LogP contribution in [0.1, 0.15) is 21.5 Å². The Kier molecular flexibility index (Phi) is 2.17. The van der Waals surface area contributed by atoms with Crippen LogP contribution in [0, 0.1) is 0 Å². The third kappa shape index (κ3) is 1.82. The van der Waals surface area contributed by atoms with Crippen LogP contribution < -0.4 is 0 Å². The Morgan fingerprint density at radius 1 is 1.27 bits per heavy atom. The number of hydrogen-bond donors (Lipinski definition) is 0. The van der Waals surface area contributed by atoms with E-state index in [0.717, 1.165) is 12.1 Å². The van der Waals surface area contributed by atoms with E-state index in [-0.39, 0.29) is 12.2 Å². The molecule has 0 bridgehead atoms. The van der Waals surface area contributed by atoms with E-state index in [4.69, 9.17) is 0 Å². The molecule has 2 rings (SSSR count). The highest BCUT2D eigenvalue weighted by Crippen LogP contribution is 2.31. The number of hydrogen-bond acceptors (Lipinski definition) is 2. The molecule has 2 nitrogen and oxygen atoms in total. The molecule has 0 fully saturated rings. The number of halogens is 3. The van der Waals surface area contributed by atoms with E-state index in [9.17, 15) is 18.0 Å². The van der Waals surface area contributed by atoms with Gasteiger partial charge in [0.25, 0.3) is 0 Å². The second kappa shape index (κ2) is 3.25. The van der Waals surface area contributed by atoms with Gasteiger partial charge in [0.15, 0.2) is 0 Å². The molecule has 1 heterocycles. The van der Waals surface area contributed by atoms with Crippen LogP contribution in [0.25, 0.3) is 0 Å². The van der Waals surface area contributed by atoms with Crippen LogP contribution in [-0.4, -0.2) is 12.6 Å². The van der Waals surface area contributed by atoms with Gasteiger partial charge in [-0.2, -0.15) is 13.2 Å². The number of cyclic esters (lactones) is 1. The highest BCUT2D eigenvalue weighted by atomic mass is 19.4. The molecule has 15 heavy (non-hydrogen) atoms. The maximum atomic E-state index is 12.3. The van der Waals surface area contributed by atoms with E-state index in [0.29, 0.717) is 12.0 Å². The number of rotatable bonds is 0. The Labute approximate surface area is 83.7 Å². The quantitative estimate of drug-likeness (QED) is 0.622. The Bertz CT molecular complexity index is 410. The lowest BCUT2D eigenvalue weighted by Gasteiger charge is -2.17. The number of ether oxygens (including phenoxy) is 1. The van der Waals surface area contributed by atoms with Gasteiger partial charge in [-0.1, -0.05) is 6.07 Å². The molecule has 1 aromatic carbocycles. The average Bonchev–Trinajstić information content (AvgIpc) is 2.16. The summed E-state index contributed by atoms with van der Waals surface area (Å²) in [6.45, 7) is 0.233. The van der Waals surface area contributed by atoms with E-state index in [1.54, 1.807) is 0 Å². The van der Waals surface area contributed by atoms with Crippen LogP contribution in [-0.2, 0) is 17.3 Å². The van der Waals surface area contributed by atoms with Crippen molar-refractivity contribution in [3.8, 4) is 0 Å². The lowest BCUT2D eigenvalue weighted by atomic mass is 10.00. The number of carbonyl (C=O) groups excluding carboxylic acids is 1. The molecule has 80 valence electrons. The summed E-state index contributed by atoms with van der Waals surface area (Å²) in [6, 6.07) is 3.16. The molecular formula is C10H7F3O2. The number of esters is 1. The van der Waals surface area contributed by atoms with Crippen molar-refractivity contribution in [2.75, 3.05) is 6.61 Å². The molecule has 1 aliphatic rings. The standard InChI is InChI=1S/C10H7F3O2/c11-10(12,13)7-2-1-6-3-4-15-9(14)8(6)5-7/h1-2,5H,3-4H2. The fraction of sp³-hybridized carbons (Fsp3) is 0.300. The maximum Gasteiger partial charge on any atom is 0.416 e. The van der Waals surface area contributed by atoms with Crippen molar-refractivity contribution in [2.45, 2.75) is 12.6 Å². The highest BCUT2D eigenvalue weighted by molar-refractivity contribution is 5.92. The van der Waals surface area contributed by atoms with E-state index in [1.807, 2.05) is 0 Å². The summed E-state index contributed by atoms with van der Waals surface area (Å²) in [5.74, 6) is -0.678. The topological polar surface area (TPSA) is 26.3 Å². The third-order valence-electron chi connectivity index (χ3n) is 2.26. The second-order valence-corrected chi connectivity index (χ2v) is 3.26. The zero-order valence-electron chi connectivity index (χ0n) is 7.60. The second-order valence-electron chi connectivity index (χ2n) is 3.26. The molecule has 0 amide bonds. The summed E-state index contributed by atoms with van der Waals surface area (Å²) in [4.78, 5) is 11.2. The Morgan fingerprint density at radius 3 is 2.67 bits per heavy atom. The maximum absolute atomic E-state index is 12.3. The average molecular weight is 216 g/mol. The number of alkyl halides is 3. The number of fused-ring (bicyclic) bond motifs is 1. The third-order valence-corrected chi connectivity index (χ3v) is 2.26. The normalized spacial score (nSPS) is 15.8. The molecule has 0 radical (unpaired) electrons. The molecule has 0 saturated heterocycles. The van der Waals surface area contributed by atoms with Gasteiger partial charge in [-0.05, 0) is 17.7 Å². The lowest BCUT2D eigenvalue weighted by Crippen LogP contribution is -2.19. The Morgan fingerprint density at radius 2 is 2.00 bits per heavy atom. The van der Waals surface area contributed by atoms with E-state index < -0.39 is 17.7 Å². The van der Waals surface area contributed by atoms with Crippen molar-refractivity contribution < 1.29 is 22.7 Å². The van der Waals surface area contributed by atoms with Gasteiger partial charge >= 0.3 is 12.1 Å². The predicted molar refractivity (Wildman–Crippen MR) is 45.4 cm³/mol. The van der Waals surface area contributed by atoms with E-state index in [2.05, 4.69) is 4.74 Å². The highest BCUT2D eigenvalue weighted by Gasteiger charge is 2.32. The molecule has 0 spiro atoms. The summed E-state index contributed by atoms with van der Waals surface area (Å²) in [5.41, 5.74) is -0.185. The predicted octanol–water partition coefficient (Wildman–Crippen LogP) is 2.42. The van der Waals surface area contributed by atoms with Gasteiger partial charge in [-0.25, -0.2) is 4.79 Å². The first-order chi connectivity index (χ1) is 6.98. The summed E-state index contributed by atoms with van der Waals surface area (Å²) in [5, 5.41) is 0. The van der Waals surface area contributed by atoms with Gasteiger partial charge in [-0.15, -0.1) is 0 Å². The van der Waals surface area contributed by atoms with Crippen LogP contribution >= 0.6 is 0 Å². The van der Waals surface area contributed by atoms with Gasteiger partial charge < -0.3 is 4.74 Å².